The largest absolute Gasteiger partial charge is 0.0645 e. The van der Waals surface area contributed by atoms with Gasteiger partial charge in [0.25, 0.3) is 0 Å². The second-order valence-electron chi connectivity index (χ2n) is 10.7. The van der Waals surface area contributed by atoms with E-state index in [-0.39, 0.29) is 5.41 Å². The van der Waals surface area contributed by atoms with Crippen LogP contribution in [0.3, 0.4) is 0 Å². The van der Waals surface area contributed by atoms with Crippen molar-refractivity contribution in [1.29, 1.82) is 0 Å². The zero-order valence-electron chi connectivity index (χ0n) is 21.1. The van der Waals surface area contributed by atoms with Crippen molar-refractivity contribution in [3.63, 3.8) is 0 Å². The molecule has 0 saturated heterocycles. The van der Waals surface area contributed by atoms with Gasteiger partial charge in [0.05, 0.1) is 0 Å². The molecule has 0 N–H and O–H groups in total. The van der Waals surface area contributed by atoms with E-state index in [0.29, 0.717) is 5.92 Å². The minimum Gasteiger partial charge on any atom is -0.0645 e. The van der Waals surface area contributed by atoms with Crippen LogP contribution in [0.4, 0.5) is 0 Å². The molecule has 0 aliphatic carbocycles. The standard InChI is InChI=1S/C30H45Br/c1-8-30(7,20-10-12-23(4)5)27-17-14-25(15-18-27)28-19-16-26(21-29(28)31)24(6)13-9-11-22(2)3/h14-19,21-24H,8-13,20H2,1-7H3. The molecule has 0 nitrogen and oxygen atoms in total. The van der Waals surface area contributed by atoms with Crippen molar-refractivity contribution in [2.75, 3.05) is 0 Å². The third-order valence-electron chi connectivity index (χ3n) is 7.16. The van der Waals surface area contributed by atoms with E-state index in [4.69, 9.17) is 0 Å². The highest BCUT2D eigenvalue weighted by molar-refractivity contribution is 9.10. The van der Waals surface area contributed by atoms with Crippen LogP contribution in [-0.4, -0.2) is 0 Å². The second-order valence-corrected chi connectivity index (χ2v) is 11.6. The maximum absolute atomic E-state index is 3.86. The lowest BCUT2D eigenvalue weighted by molar-refractivity contribution is 0.382. The van der Waals surface area contributed by atoms with Crippen molar-refractivity contribution >= 4 is 15.9 Å². The van der Waals surface area contributed by atoms with E-state index in [1.54, 1.807) is 0 Å². The molecule has 172 valence electrons. The Morgan fingerprint density at radius 2 is 1.42 bits per heavy atom. The highest BCUT2D eigenvalue weighted by atomic mass is 79.9. The van der Waals surface area contributed by atoms with Gasteiger partial charge in [-0.05, 0) is 70.8 Å². The monoisotopic (exact) mass is 484 g/mol. The number of hydrogen-bond donors (Lipinski definition) is 0. The topological polar surface area (TPSA) is 0 Å². The first-order chi connectivity index (χ1) is 14.7. The van der Waals surface area contributed by atoms with Gasteiger partial charge in [-0.1, -0.05) is 126 Å². The van der Waals surface area contributed by atoms with Gasteiger partial charge in [0.2, 0.25) is 0 Å². The van der Waals surface area contributed by atoms with Crippen LogP contribution in [0.15, 0.2) is 46.9 Å². The summed E-state index contributed by atoms with van der Waals surface area (Å²) in [4.78, 5) is 0. The maximum Gasteiger partial charge on any atom is 0.0256 e. The fraction of sp³-hybridized carbons (Fsp3) is 0.600. The summed E-state index contributed by atoms with van der Waals surface area (Å²) in [7, 11) is 0. The number of rotatable bonds is 12. The van der Waals surface area contributed by atoms with Gasteiger partial charge in [-0.3, -0.25) is 0 Å². The van der Waals surface area contributed by atoms with E-state index in [0.717, 1.165) is 11.8 Å². The summed E-state index contributed by atoms with van der Waals surface area (Å²) in [5, 5.41) is 0. The Labute approximate surface area is 201 Å². The molecule has 0 spiro atoms. The molecule has 31 heavy (non-hydrogen) atoms. The third-order valence-corrected chi connectivity index (χ3v) is 7.82. The van der Waals surface area contributed by atoms with Gasteiger partial charge in [0.1, 0.15) is 0 Å². The molecule has 2 aromatic carbocycles. The summed E-state index contributed by atoms with van der Waals surface area (Å²) >= 11 is 3.86. The van der Waals surface area contributed by atoms with Gasteiger partial charge in [0.15, 0.2) is 0 Å². The van der Waals surface area contributed by atoms with Crippen LogP contribution in [0.1, 0.15) is 110 Å². The minimum atomic E-state index is 0.278. The molecule has 1 heteroatoms. The van der Waals surface area contributed by atoms with Crippen LogP contribution in [0.5, 0.6) is 0 Å². The molecule has 2 unspecified atom stereocenters. The second kappa shape index (κ2) is 12.2. The first kappa shape index (κ1) is 26.2. The first-order valence-corrected chi connectivity index (χ1v) is 13.4. The summed E-state index contributed by atoms with van der Waals surface area (Å²) in [5.41, 5.74) is 5.80. The lowest BCUT2D eigenvalue weighted by atomic mass is 9.75. The van der Waals surface area contributed by atoms with Crippen LogP contribution >= 0.6 is 15.9 Å². The van der Waals surface area contributed by atoms with Crippen molar-refractivity contribution in [3.8, 4) is 11.1 Å². The molecule has 0 saturated carbocycles. The molecule has 0 radical (unpaired) electrons. The van der Waals surface area contributed by atoms with Crippen molar-refractivity contribution in [2.45, 2.75) is 105 Å². The Balaban J connectivity index is 2.11. The number of halogens is 1. The van der Waals surface area contributed by atoms with Gasteiger partial charge >= 0.3 is 0 Å². The van der Waals surface area contributed by atoms with Gasteiger partial charge in [-0.2, -0.15) is 0 Å². The fourth-order valence-electron chi connectivity index (χ4n) is 4.55. The molecule has 0 amide bonds. The van der Waals surface area contributed by atoms with Crippen molar-refractivity contribution in [1.82, 2.24) is 0 Å². The summed E-state index contributed by atoms with van der Waals surface area (Å²) < 4.78 is 1.21. The summed E-state index contributed by atoms with van der Waals surface area (Å²) in [6, 6.07) is 16.3. The van der Waals surface area contributed by atoms with Gasteiger partial charge in [-0.15, -0.1) is 0 Å². The Morgan fingerprint density at radius 3 is 1.97 bits per heavy atom. The first-order valence-electron chi connectivity index (χ1n) is 12.6. The van der Waals surface area contributed by atoms with Crippen LogP contribution in [-0.2, 0) is 5.41 Å². The van der Waals surface area contributed by atoms with Crippen LogP contribution in [0.2, 0.25) is 0 Å². The van der Waals surface area contributed by atoms with Gasteiger partial charge < -0.3 is 0 Å². The predicted molar refractivity (Wildman–Crippen MR) is 143 cm³/mol. The molecule has 0 bridgehead atoms. The fourth-order valence-corrected chi connectivity index (χ4v) is 5.17. The smallest absolute Gasteiger partial charge is 0.0256 e. The van der Waals surface area contributed by atoms with Crippen molar-refractivity contribution in [3.05, 3.63) is 58.1 Å². The van der Waals surface area contributed by atoms with Crippen LogP contribution in [0.25, 0.3) is 11.1 Å². The highest BCUT2D eigenvalue weighted by Gasteiger charge is 2.24. The average Bonchev–Trinajstić information content (AvgIpc) is 2.73. The summed E-state index contributed by atoms with van der Waals surface area (Å²) in [6.07, 6.45) is 9.00. The number of hydrogen-bond acceptors (Lipinski definition) is 0. The van der Waals surface area contributed by atoms with E-state index in [1.807, 2.05) is 0 Å². The molecular formula is C30H45Br. The Bertz CT molecular complexity index is 787. The van der Waals surface area contributed by atoms with Gasteiger partial charge in [-0.25, -0.2) is 0 Å². The van der Waals surface area contributed by atoms with Crippen LogP contribution in [0, 0.1) is 11.8 Å². The molecule has 2 aromatic rings. The molecule has 0 aliphatic heterocycles. The third kappa shape index (κ3) is 7.77. The lowest BCUT2D eigenvalue weighted by Crippen LogP contribution is -2.21. The predicted octanol–water partition coefficient (Wildman–Crippen LogP) is 10.5. The van der Waals surface area contributed by atoms with E-state index in [9.17, 15) is 0 Å². The van der Waals surface area contributed by atoms with Crippen LogP contribution < -0.4 is 0 Å². The SMILES string of the molecule is CCC(C)(CCCC(C)C)c1ccc(-c2ccc(C(C)CCCC(C)C)cc2Br)cc1. The molecule has 0 aliphatic rings. The van der Waals surface area contributed by atoms with E-state index >= 15 is 0 Å². The Morgan fingerprint density at radius 1 is 0.806 bits per heavy atom. The average molecular weight is 486 g/mol. The quantitative estimate of drug-likeness (QED) is 0.280. The zero-order valence-corrected chi connectivity index (χ0v) is 22.7. The Hall–Kier alpha value is -1.08. The summed E-state index contributed by atoms with van der Waals surface area (Å²) in [6.45, 7) is 16.4. The minimum absolute atomic E-state index is 0.278. The van der Waals surface area contributed by atoms with E-state index in [1.165, 1.54) is 71.7 Å². The molecule has 0 heterocycles. The van der Waals surface area contributed by atoms with E-state index in [2.05, 4.69) is 107 Å². The van der Waals surface area contributed by atoms with Crippen molar-refractivity contribution in [2.24, 2.45) is 11.8 Å². The molecular weight excluding hydrogens is 440 g/mol. The van der Waals surface area contributed by atoms with Crippen molar-refractivity contribution < 1.29 is 0 Å². The Kier molecular flexibility index (Phi) is 10.3. The maximum atomic E-state index is 3.86. The molecule has 2 rings (SSSR count). The summed E-state index contributed by atoms with van der Waals surface area (Å²) in [5.74, 6) is 2.21. The molecule has 2 atom stereocenters. The van der Waals surface area contributed by atoms with E-state index < -0.39 is 0 Å². The molecule has 0 aromatic heterocycles. The number of benzene rings is 2. The molecule has 0 fully saturated rings. The lowest BCUT2D eigenvalue weighted by Gasteiger charge is -2.29. The zero-order chi connectivity index (χ0) is 23.0. The van der Waals surface area contributed by atoms with Gasteiger partial charge in [0, 0.05) is 4.47 Å². The normalized spacial score (nSPS) is 14.8. The highest BCUT2D eigenvalue weighted by Crippen LogP contribution is 2.37.